The fourth-order valence-electron chi connectivity index (χ4n) is 3.49. The number of carbonyl (C=O) groups is 1. The van der Waals surface area contributed by atoms with Crippen LogP contribution in [0, 0.1) is 6.92 Å². The fourth-order valence-corrected chi connectivity index (χ4v) is 3.49. The van der Waals surface area contributed by atoms with Crippen molar-refractivity contribution in [1.29, 1.82) is 0 Å². The molecule has 0 saturated carbocycles. The molecule has 0 bridgehead atoms. The molecule has 0 saturated heterocycles. The predicted octanol–water partition coefficient (Wildman–Crippen LogP) is 4.82. The van der Waals surface area contributed by atoms with Crippen molar-refractivity contribution in [3.05, 3.63) is 28.8 Å². The first-order valence-electron chi connectivity index (χ1n) is 7.60. The second kappa shape index (κ2) is 4.91. The summed E-state index contributed by atoms with van der Waals surface area (Å²) in [7, 11) is 0. The fraction of sp³-hybridized carbons (Fsp3) is 0.611. The summed E-state index contributed by atoms with van der Waals surface area (Å²) in [4.78, 5) is 11.8. The van der Waals surface area contributed by atoms with E-state index in [9.17, 15) is 4.79 Å². The highest BCUT2D eigenvalue weighted by Crippen LogP contribution is 2.48. The van der Waals surface area contributed by atoms with Crippen LogP contribution in [0.15, 0.2) is 12.1 Å². The first-order valence-corrected chi connectivity index (χ1v) is 7.60. The summed E-state index contributed by atoms with van der Waals surface area (Å²) in [5, 5.41) is 0. The van der Waals surface area contributed by atoms with Crippen molar-refractivity contribution in [3.63, 3.8) is 0 Å². The van der Waals surface area contributed by atoms with Crippen LogP contribution < -0.4 is 4.74 Å². The molecule has 0 amide bonds. The van der Waals surface area contributed by atoms with Gasteiger partial charge in [0.1, 0.15) is 11.4 Å². The van der Waals surface area contributed by atoms with Crippen LogP contribution >= 0.6 is 0 Å². The standard InChI is InChI=1S/C18H26O2/c1-7-18(8-2)11-17(5,6)15-10-14(13(4)19)12(3)9-16(15)20-18/h9-10H,7-8,11H2,1-6H3. The molecule has 110 valence electrons. The van der Waals surface area contributed by atoms with E-state index in [1.807, 2.05) is 19.1 Å². The highest BCUT2D eigenvalue weighted by molar-refractivity contribution is 5.96. The Kier molecular flexibility index (Phi) is 3.70. The molecular weight excluding hydrogens is 248 g/mol. The number of ketones is 1. The molecule has 0 fully saturated rings. The molecule has 1 heterocycles. The molecule has 0 aromatic heterocycles. The minimum Gasteiger partial charge on any atom is -0.487 e. The smallest absolute Gasteiger partial charge is 0.160 e. The summed E-state index contributed by atoms with van der Waals surface area (Å²) in [5.74, 6) is 1.09. The van der Waals surface area contributed by atoms with Gasteiger partial charge in [-0.05, 0) is 56.2 Å². The Bertz CT molecular complexity index is 537. The monoisotopic (exact) mass is 274 g/mol. The zero-order valence-electron chi connectivity index (χ0n) is 13.6. The largest absolute Gasteiger partial charge is 0.487 e. The molecule has 1 aliphatic heterocycles. The van der Waals surface area contributed by atoms with E-state index in [1.165, 1.54) is 5.56 Å². The molecule has 20 heavy (non-hydrogen) atoms. The first kappa shape index (κ1) is 15.1. The number of hydrogen-bond acceptors (Lipinski definition) is 2. The summed E-state index contributed by atoms with van der Waals surface area (Å²) in [5.41, 5.74) is 2.97. The number of Topliss-reactive ketones (excluding diaryl/α,β-unsaturated/α-hetero) is 1. The average Bonchev–Trinajstić information content (AvgIpc) is 2.36. The lowest BCUT2D eigenvalue weighted by Crippen LogP contribution is -2.45. The summed E-state index contributed by atoms with van der Waals surface area (Å²) in [6, 6.07) is 4.09. The lowest BCUT2D eigenvalue weighted by Gasteiger charge is -2.46. The molecular formula is C18H26O2. The number of rotatable bonds is 3. The number of ether oxygens (including phenoxy) is 1. The molecule has 2 heteroatoms. The van der Waals surface area contributed by atoms with E-state index in [0.717, 1.165) is 36.1 Å². The Morgan fingerprint density at radius 1 is 1.25 bits per heavy atom. The normalized spacial score (nSPS) is 19.1. The SMILES string of the molecule is CCC1(CC)CC(C)(C)c2cc(C(C)=O)c(C)cc2O1. The molecule has 0 unspecified atom stereocenters. The number of carbonyl (C=O) groups excluding carboxylic acids is 1. The van der Waals surface area contributed by atoms with Crippen molar-refractivity contribution in [2.75, 3.05) is 0 Å². The molecule has 2 nitrogen and oxygen atoms in total. The predicted molar refractivity (Wildman–Crippen MR) is 82.8 cm³/mol. The molecule has 0 atom stereocenters. The van der Waals surface area contributed by atoms with Gasteiger partial charge in [-0.15, -0.1) is 0 Å². The maximum absolute atomic E-state index is 11.8. The minimum absolute atomic E-state index is 0.0392. The van der Waals surface area contributed by atoms with E-state index in [2.05, 4.69) is 27.7 Å². The van der Waals surface area contributed by atoms with Crippen molar-refractivity contribution >= 4 is 5.78 Å². The van der Waals surface area contributed by atoms with Crippen LogP contribution in [-0.2, 0) is 5.41 Å². The van der Waals surface area contributed by atoms with E-state index in [1.54, 1.807) is 6.92 Å². The van der Waals surface area contributed by atoms with Gasteiger partial charge in [0.05, 0.1) is 0 Å². The Morgan fingerprint density at radius 2 is 1.85 bits per heavy atom. The lowest BCUT2D eigenvalue weighted by atomic mass is 9.70. The van der Waals surface area contributed by atoms with Crippen LogP contribution in [0.1, 0.15) is 75.4 Å². The van der Waals surface area contributed by atoms with Gasteiger partial charge in [-0.25, -0.2) is 0 Å². The summed E-state index contributed by atoms with van der Waals surface area (Å²) < 4.78 is 6.36. The maximum Gasteiger partial charge on any atom is 0.160 e. The van der Waals surface area contributed by atoms with Gasteiger partial charge in [-0.2, -0.15) is 0 Å². The summed E-state index contributed by atoms with van der Waals surface area (Å²) >= 11 is 0. The van der Waals surface area contributed by atoms with Crippen LogP contribution in [0.4, 0.5) is 0 Å². The van der Waals surface area contributed by atoms with Crippen molar-refractivity contribution in [2.24, 2.45) is 0 Å². The number of fused-ring (bicyclic) bond motifs is 1. The maximum atomic E-state index is 11.8. The van der Waals surface area contributed by atoms with Crippen LogP contribution in [0.2, 0.25) is 0 Å². The van der Waals surface area contributed by atoms with E-state index >= 15 is 0 Å². The Balaban J connectivity index is 2.60. The Labute approximate surface area is 122 Å². The van der Waals surface area contributed by atoms with E-state index in [4.69, 9.17) is 4.74 Å². The summed E-state index contributed by atoms with van der Waals surface area (Å²) in [6.07, 6.45) is 3.03. The average molecular weight is 274 g/mol. The Morgan fingerprint density at radius 3 is 2.35 bits per heavy atom. The zero-order chi connectivity index (χ0) is 15.1. The third-order valence-corrected chi connectivity index (χ3v) is 4.81. The minimum atomic E-state index is -0.0688. The highest BCUT2D eigenvalue weighted by Gasteiger charge is 2.43. The van der Waals surface area contributed by atoms with Gasteiger partial charge in [0.2, 0.25) is 0 Å². The molecule has 2 rings (SSSR count). The number of benzene rings is 1. The Hall–Kier alpha value is -1.31. The number of aryl methyl sites for hydroxylation is 1. The van der Waals surface area contributed by atoms with Gasteiger partial charge in [0, 0.05) is 11.1 Å². The van der Waals surface area contributed by atoms with Gasteiger partial charge in [0.25, 0.3) is 0 Å². The van der Waals surface area contributed by atoms with Gasteiger partial charge >= 0.3 is 0 Å². The highest BCUT2D eigenvalue weighted by atomic mass is 16.5. The van der Waals surface area contributed by atoms with E-state index in [-0.39, 0.29) is 16.8 Å². The van der Waals surface area contributed by atoms with Crippen molar-refractivity contribution in [3.8, 4) is 5.75 Å². The van der Waals surface area contributed by atoms with Gasteiger partial charge < -0.3 is 4.74 Å². The van der Waals surface area contributed by atoms with Crippen LogP contribution in [0.5, 0.6) is 5.75 Å². The topological polar surface area (TPSA) is 26.3 Å². The quantitative estimate of drug-likeness (QED) is 0.739. The first-order chi connectivity index (χ1) is 9.24. The molecule has 0 radical (unpaired) electrons. The van der Waals surface area contributed by atoms with Crippen molar-refractivity contribution in [1.82, 2.24) is 0 Å². The lowest BCUT2D eigenvalue weighted by molar-refractivity contribution is 0.0117. The van der Waals surface area contributed by atoms with Crippen LogP contribution in [0.3, 0.4) is 0 Å². The van der Waals surface area contributed by atoms with Gasteiger partial charge in [-0.1, -0.05) is 27.7 Å². The molecule has 0 N–H and O–H groups in total. The second-order valence-corrected chi connectivity index (χ2v) is 6.77. The molecule has 0 aliphatic carbocycles. The molecule has 1 aromatic carbocycles. The second-order valence-electron chi connectivity index (χ2n) is 6.77. The molecule has 1 aliphatic rings. The van der Waals surface area contributed by atoms with Gasteiger partial charge in [0.15, 0.2) is 5.78 Å². The van der Waals surface area contributed by atoms with Gasteiger partial charge in [-0.3, -0.25) is 4.79 Å². The molecule has 1 aromatic rings. The van der Waals surface area contributed by atoms with Crippen LogP contribution in [0.25, 0.3) is 0 Å². The molecule has 0 spiro atoms. The third kappa shape index (κ3) is 2.36. The van der Waals surface area contributed by atoms with E-state index < -0.39 is 0 Å². The summed E-state index contributed by atoms with van der Waals surface area (Å²) in [6.45, 7) is 12.5. The van der Waals surface area contributed by atoms with Crippen molar-refractivity contribution in [2.45, 2.75) is 71.8 Å². The zero-order valence-corrected chi connectivity index (χ0v) is 13.6. The van der Waals surface area contributed by atoms with E-state index in [0.29, 0.717) is 0 Å². The number of hydrogen-bond donors (Lipinski definition) is 0. The van der Waals surface area contributed by atoms with Crippen LogP contribution in [-0.4, -0.2) is 11.4 Å². The van der Waals surface area contributed by atoms with Crippen molar-refractivity contribution < 1.29 is 9.53 Å². The third-order valence-electron chi connectivity index (χ3n) is 4.81.